The lowest BCUT2D eigenvalue weighted by molar-refractivity contribution is -0.137. The van der Waals surface area contributed by atoms with Crippen molar-refractivity contribution in [3.63, 3.8) is 0 Å². The normalized spacial score (nSPS) is 16.5. The van der Waals surface area contributed by atoms with E-state index < -0.39 is 28.7 Å². The number of benzene rings is 1. The van der Waals surface area contributed by atoms with Crippen LogP contribution < -0.4 is 0 Å². The van der Waals surface area contributed by atoms with Crippen LogP contribution in [0.3, 0.4) is 0 Å². The van der Waals surface area contributed by atoms with E-state index in [0.29, 0.717) is 24.5 Å². The topological polar surface area (TPSA) is 63.9 Å². The van der Waals surface area contributed by atoms with Crippen LogP contribution in [0.2, 0.25) is 5.02 Å². The quantitative estimate of drug-likeness (QED) is 0.598. The molecule has 1 aromatic carbocycles. The number of halogens is 4. The summed E-state index contributed by atoms with van der Waals surface area (Å²) in [6, 6.07) is 8.41. The fourth-order valence-corrected chi connectivity index (χ4v) is 3.93. The monoisotopic (exact) mass is 435 g/mol. The maximum Gasteiger partial charge on any atom is 0.417 e. The van der Waals surface area contributed by atoms with Crippen LogP contribution in [-0.4, -0.2) is 37.3 Å². The summed E-state index contributed by atoms with van der Waals surface area (Å²) in [6.45, 7) is 3.92. The molecule has 3 heterocycles. The van der Waals surface area contributed by atoms with Gasteiger partial charge in [-0.15, -0.1) is 5.10 Å². The zero-order valence-electron chi connectivity index (χ0n) is 16.1. The minimum absolute atomic E-state index is 0.186. The summed E-state index contributed by atoms with van der Waals surface area (Å²) in [5.74, 6) is 0.0455. The molecule has 1 aliphatic heterocycles. The molecule has 4 rings (SSSR count). The van der Waals surface area contributed by atoms with Gasteiger partial charge in [-0.1, -0.05) is 28.9 Å². The van der Waals surface area contributed by atoms with Crippen LogP contribution in [0, 0.1) is 6.92 Å². The third kappa shape index (κ3) is 3.43. The van der Waals surface area contributed by atoms with Gasteiger partial charge in [0.05, 0.1) is 27.9 Å². The van der Waals surface area contributed by atoms with Crippen molar-refractivity contribution in [2.24, 2.45) is 0 Å². The molecule has 1 atom stereocenters. The molecule has 1 unspecified atom stereocenters. The van der Waals surface area contributed by atoms with Crippen molar-refractivity contribution in [1.82, 2.24) is 24.9 Å². The van der Waals surface area contributed by atoms with E-state index in [1.54, 1.807) is 11.6 Å². The van der Waals surface area contributed by atoms with Crippen LogP contribution in [0.5, 0.6) is 0 Å². The van der Waals surface area contributed by atoms with Crippen molar-refractivity contribution < 1.29 is 18.0 Å². The predicted molar refractivity (Wildman–Crippen MR) is 104 cm³/mol. The van der Waals surface area contributed by atoms with Crippen LogP contribution in [0.1, 0.15) is 46.0 Å². The van der Waals surface area contributed by atoms with E-state index in [9.17, 15) is 18.0 Å². The van der Waals surface area contributed by atoms with Crippen LogP contribution >= 0.6 is 11.6 Å². The van der Waals surface area contributed by atoms with Crippen molar-refractivity contribution >= 4 is 17.5 Å². The Morgan fingerprint density at radius 2 is 1.93 bits per heavy atom. The van der Waals surface area contributed by atoms with E-state index in [4.69, 9.17) is 11.6 Å². The molecule has 0 saturated heterocycles. The van der Waals surface area contributed by atoms with E-state index in [-0.39, 0.29) is 5.56 Å². The van der Waals surface area contributed by atoms with E-state index in [1.165, 1.54) is 17.0 Å². The Labute approximate surface area is 175 Å². The minimum atomic E-state index is -4.64. The third-order valence-corrected chi connectivity index (χ3v) is 5.54. The van der Waals surface area contributed by atoms with Gasteiger partial charge in [-0.3, -0.25) is 4.79 Å². The maximum absolute atomic E-state index is 13.2. The molecule has 0 spiro atoms. The first-order valence-electron chi connectivity index (χ1n) is 9.23. The summed E-state index contributed by atoms with van der Waals surface area (Å²) in [7, 11) is 0. The smallest absolute Gasteiger partial charge is 0.330 e. The highest BCUT2D eigenvalue weighted by Crippen LogP contribution is 2.38. The summed E-state index contributed by atoms with van der Waals surface area (Å²) >= 11 is 5.95. The lowest BCUT2D eigenvalue weighted by Gasteiger charge is -2.33. The number of hydrogen-bond donors (Lipinski definition) is 0. The highest BCUT2D eigenvalue weighted by molar-refractivity contribution is 6.34. The first kappa shape index (κ1) is 20.3. The summed E-state index contributed by atoms with van der Waals surface area (Å²) < 4.78 is 41.1. The first-order chi connectivity index (χ1) is 14.2. The number of pyridine rings is 1. The number of aromatic nitrogens is 4. The average Bonchev–Trinajstić information content (AvgIpc) is 3.12. The standard InChI is InChI=1S/C20H17ClF3N5O/c1-11-5-3-8-16(25-11)29-15-9-10-28(12(2)18(15)26-27-29)19(30)13-6-4-7-14(17(13)21)20(22,23)24/h3-8,12H,9-10H2,1-2H3. The van der Waals surface area contributed by atoms with Crippen molar-refractivity contribution in [3.05, 3.63) is 69.6 Å². The van der Waals surface area contributed by atoms with Gasteiger partial charge in [-0.2, -0.15) is 17.9 Å². The largest absolute Gasteiger partial charge is 0.417 e. The molecule has 0 saturated carbocycles. The Morgan fingerprint density at radius 1 is 1.20 bits per heavy atom. The molecular weight excluding hydrogens is 419 g/mol. The molecule has 1 amide bonds. The number of hydrogen-bond acceptors (Lipinski definition) is 4. The first-order valence-corrected chi connectivity index (χ1v) is 9.61. The van der Waals surface area contributed by atoms with Gasteiger partial charge in [0.1, 0.15) is 5.69 Å². The van der Waals surface area contributed by atoms with E-state index in [2.05, 4.69) is 15.3 Å². The molecule has 156 valence electrons. The van der Waals surface area contributed by atoms with Gasteiger partial charge in [-0.25, -0.2) is 4.98 Å². The molecule has 10 heteroatoms. The maximum atomic E-state index is 13.2. The average molecular weight is 436 g/mol. The Kier molecular flexibility index (Phi) is 5.01. The Balaban J connectivity index is 1.67. The number of alkyl halides is 3. The molecule has 1 aliphatic rings. The van der Waals surface area contributed by atoms with E-state index >= 15 is 0 Å². The predicted octanol–water partition coefficient (Wildman–Crippen LogP) is 4.40. The zero-order valence-corrected chi connectivity index (χ0v) is 16.9. The van der Waals surface area contributed by atoms with Gasteiger partial charge in [-0.05, 0) is 38.1 Å². The summed E-state index contributed by atoms with van der Waals surface area (Å²) in [4.78, 5) is 19.0. The third-order valence-electron chi connectivity index (χ3n) is 5.13. The molecule has 6 nitrogen and oxygen atoms in total. The van der Waals surface area contributed by atoms with Crippen LogP contribution in [0.15, 0.2) is 36.4 Å². The number of fused-ring (bicyclic) bond motifs is 1. The number of rotatable bonds is 2. The van der Waals surface area contributed by atoms with E-state index in [1.807, 2.05) is 25.1 Å². The molecule has 30 heavy (non-hydrogen) atoms. The molecule has 0 radical (unpaired) electrons. The summed E-state index contributed by atoms with van der Waals surface area (Å²) in [5.41, 5.74) is 1.02. The highest BCUT2D eigenvalue weighted by atomic mass is 35.5. The fourth-order valence-electron chi connectivity index (χ4n) is 3.62. The lowest BCUT2D eigenvalue weighted by Crippen LogP contribution is -2.39. The van der Waals surface area contributed by atoms with Gasteiger partial charge in [0, 0.05) is 18.7 Å². The molecule has 0 bridgehead atoms. The number of aryl methyl sites for hydroxylation is 1. The Morgan fingerprint density at radius 3 is 2.63 bits per heavy atom. The Bertz CT molecular complexity index is 1130. The molecular formula is C20H17ClF3N5O. The molecule has 0 aliphatic carbocycles. The lowest BCUT2D eigenvalue weighted by atomic mass is 10.0. The van der Waals surface area contributed by atoms with Gasteiger partial charge in [0.2, 0.25) is 0 Å². The van der Waals surface area contributed by atoms with Gasteiger partial charge < -0.3 is 4.90 Å². The molecule has 3 aromatic rings. The summed E-state index contributed by atoms with van der Waals surface area (Å²) in [6.07, 6.45) is -4.21. The van der Waals surface area contributed by atoms with Gasteiger partial charge in [0.25, 0.3) is 5.91 Å². The second-order valence-corrected chi connectivity index (χ2v) is 7.44. The number of amides is 1. The second-order valence-electron chi connectivity index (χ2n) is 7.06. The van der Waals surface area contributed by atoms with Crippen molar-refractivity contribution in [2.75, 3.05) is 6.54 Å². The van der Waals surface area contributed by atoms with Crippen LogP contribution in [-0.2, 0) is 12.6 Å². The number of carbonyl (C=O) groups is 1. The second kappa shape index (κ2) is 7.39. The van der Waals surface area contributed by atoms with Gasteiger partial charge >= 0.3 is 6.18 Å². The van der Waals surface area contributed by atoms with Crippen LogP contribution in [0.25, 0.3) is 5.82 Å². The zero-order chi connectivity index (χ0) is 21.6. The molecule has 0 N–H and O–H groups in total. The van der Waals surface area contributed by atoms with Gasteiger partial charge in [0.15, 0.2) is 5.82 Å². The SMILES string of the molecule is Cc1cccc(-n2nnc3c2CCN(C(=O)c2cccc(C(F)(F)F)c2Cl)C3C)n1. The van der Waals surface area contributed by atoms with Crippen LogP contribution in [0.4, 0.5) is 13.2 Å². The fraction of sp³-hybridized carbons (Fsp3) is 0.300. The Hall–Kier alpha value is -2.94. The van der Waals surface area contributed by atoms with Crippen molar-refractivity contribution in [2.45, 2.75) is 32.5 Å². The highest BCUT2D eigenvalue weighted by Gasteiger charge is 2.37. The van der Waals surface area contributed by atoms with E-state index in [0.717, 1.165) is 17.5 Å². The number of nitrogens with zero attached hydrogens (tertiary/aromatic N) is 5. The molecule has 2 aromatic heterocycles. The van der Waals surface area contributed by atoms with Crippen molar-refractivity contribution in [3.8, 4) is 5.82 Å². The molecule has 0 fully saturated rings. The number of carbonyl (C=O) groups excluding carboxylic acids is 1. The minimum Gasteiger partial charge on any atom is -0.330 e. The van der Waals surface area contributed by atoms with Crippen molar-refractivity contribution in [1.29, 1.82) is 0 Å². The summed E-state index contributed by atoms with van der Waals surface area (Å²) in [5, 5.41) is 7.80.